The van der Waals surface area contributed by atoms with Crippen molar-refractivity contribution in [2.75, 3.05) is 39.3 Å². The largest absolute Gasteiger partial charge is 0.468 e. The fourth-order valence-corrected chi connectivity index (χ4v) is 4.05. The first-order chi connectivity index (χ1) is 13.6. The third-order valence-electron chi connectivity index (χ3n) is 5.55. The summed E-state index contributed by atoms with van der Waals surface area (Å²) in [5, 5.41) is 6.88. The van der Waals surface area contributed by atoms with Gasteiger partial charge in [0.1, 0.15) is 5.76 Å². The van der Waals surface area contributed by atoms with Crippen LogP contribution >= 0.6 is 24.0 Å². The van der Waals surface area contributed by atoms with E-state index in [0.717, 1.165) is 50.9 Å². The molecule has 8 heteroatoms. The van der Waals surface area contributed by atoms with Crippen LogP contribution in [-0.4, -0.2) is 67.0 Å². The van der Waals surface area contributed by atoms with Crippen molar-refractivity contribution in [1.29, 1.82) is 0 Å². The Balaban J connectivity index is 0.00000300. The van der Waals surface area contributed by atoms with Crippen molar-refractivity contribution in [3.8, 4) is 0 Å². The number of rotatable bonds is 7. The fourth-order valence-electron chi connectivity index (χ4n) is 4.05. The molecule has 3 heterocycles. The van der Waals surface area contributed by atoms with Crippen LogP contribution in [0.15, 0.2) is 27.8 Å². The van der Waals surface area contributed by atoms with Crippen molar-refractivity contribution in [3.05, 3.63) is 24.2 Å². The van der Waals surface area contributed by atoms with Crippen molar-refractivity contribution in [2.24, 2.45) is 10.9 Å². The molecule has 2 aliphatic rings. The quantitative estimate of drug-likeness (QED) is 0.331. The first-order valence-corrected chi connectivity index (χ1v) is 10.7. The number of aliphatic imine (C=N–C) groups is 1. The minimum Gasteiger partial charge on any atom is -0.468 e. The second-order valence-electron chi connectivity index (χ2n) is 8.06. The summed E-state index contributed by atoms with van der Waals surface area (Å²) in [5.74, 6) is 2.09. The standard InChI is InChI=1S/C21H35N5O2.HI/c1-4-22-21(24-17-9-12-26(15-17)20(27)16(2)3)23-14-18(19-8-7-13-28-19)25-10-5-6-11-25;/h7-8,13,16-18H,4-6,9-12,14-15H2,1-3H3,(H2,22,23,24);1H. The van der Waals surface area contributed by atoms with Gasteiger partial charge in [-0.15, -0.1) is 24.0 Å². The van der Waals surface area contributed by atoms with Crippen molar-refractivity contribution < 1.29 is 9.21 Å². The van der Waals surface area contributed by atoms with Crippen molar-refractivity contribution in [1.82, 2.24) is 20.4 Å². The second kappa shape index (κ2) is 11.8. The molecule has 0 spiro atoms. The normalized spacial score (nSPS) is 21.3. The highest BCUT2D eigenvalue weighted by Gasteiger charge is 2.29. The monoisotopic (exact) mass is 517 g/mol. The van der Waals surface area contributed by atoms with E-state index in [1.807, 2.05) is 30.9 Å². The highest BCUT2D eigenvalue weighted by molar-refractivity contribution is 14.0. The Morgan fingerprint density at radius 3 is 2.69 bits per heavy atom. The number of furan rings is 1. The first-order valence-electron chi connectivity index (χ1n) is 10.7. The summed E-state index contributed by atoms with van der Waals surface area (Å²) in [6, 6.07) is 4.42. The molecule has 1 aromatic heterocycles. The van der Waals surface area contributed by atoms with Gasteiger partial charge in [-0.25, -0.2) is 0 Å². The van der Waals surface area contributed by atoms with Gasteiger partial charge < -0.3 is 20.0 Å². The van der Waals surface area contributed by atoms with Gasteiger partial charge in [-0.05, 0) is 51.4 Å². The Labute approximate surface area is 191 Å². The van der Waals surface area contributed by atoms with E-state index < -0.39 is 0 Å². The molecule has 2 aliphatic heterocycles. The third kappa shape index (κ3) is 6.60. The maximum Gasteiger partial charge on any atom is 0.225 e. The summed E-state index contributed by atoms with van der Waals surface area (Å²) in [4.78, 5) is 21.5. The Morgan fingerprint density at radius 2 is 2.07 bits per heavy atom. The number of hydrogen-bond acceptors (Lipinski definition) is 4. The molecule has 7 nitrogen and oxygen atoms in total. The number of amides is 1. The van der Waals surface area contributed by atoms with Crippen LogP contribution < -0.4 is 10.6 Å². The average Bonchev–Trinajstić information content (AvgIpc) is 3.44. The van der Waals surface area contributed by atoms with Crippen LogP contribution in [0.4, 0.5) is 0 Å². The number of carbonyl (C=O) groups is 1. The highest BCUT2D eigenvalue weighted by Crippen LogP contribution is 2.25. The van der Waals surface area contributed by atoms with E-state index in [9.17, 15) is 4.79 Å². The van der Waals surface area contributed by atoms with E-state index in [-0.39, 0.29) is 47.9 Å². The van der Waals surface area contributed by atoms with Gasteiger partial charge in [-0.2, -0.15) is 0 Å². The first kappa shape index (κ1) is 24.0. The van der Waals surface area contributed by atoms with Gasteiger partial charge in [-0.3, -0.25) is 14.7 Å². The fraction of sp³-hybridized carbons (Fsp3) is 0.714. The Hall–Kier alpha value is -1.29. The minimum atomic E-state index is 0. The smallest absolute Gasteiger partial charge is 0.225 e. The zero-order valence-corrected chi connectivity index (χ0v) is 20.2. The molecular weight excluding hydrogens is 481 g/mol. The van der Waals surface area contributed by atoms with Crippen molar-refractivity contribution in [3.63, 3.8) is 0 Å². The average molecular weight is 517 g/mol. The Kier molecular flexibility index (Phi) is 9.74. The van der Waals surface area contributed by atoms with Crippen LogP contribution in [0.3, 0.4) is 0 Å². The SMILES string of the molecule is CCNC(=NCC(c1ccco1)N1CCCC1)NC1CCN(C(=O)C(C)C)C1.I. The predicted octanol–water partition coefficient (Wildman–Crippen LogP) is 2.85. The predicted molar refractivity (Wildman–Crippen MR) is 127 cm³/mol. The number of carbonyl (C=O) groups excluding carboxylic acids is 1. The molecular formula is C21H36IN5O2. The highest BCUT2D eigenvalue weighted by atomic mass is 127. The maximum atomic E-state index is 12.2. The molecule has 0 aliphatic carbocycles. The lowest BCUT2D eigenvalue weighted by atomic mass is 10.2. The van der Waals surface area contributed by atoms with Crippen LogP contribution in [0.1, 0.15) is 51.8 Å². The summed E-state index contributed by atoms with van der Waals surface area (Å²) < 4.78 is 5.70. The lowest BCUT2D eigenvalue weighted by Gasteiger charge is -2.25. The van der Waals surface area contributed by atoms with E-state index in [2.05, 4.69) is 22.5 Å². The van der Waals surface area contributed by atoms with Gasteiger partial charge in [-0.1, -0.05) is 13.8 Å². The molecule has 0 bridgehead atoms. The van der Waals surface area contributed by atoms with E-state index >= 15 is 0 Å². The van der Waals surface area contributed by atoms with Gasteiger partial charge in [0, 0.05) is 31.6 Å². The number of halogens is 1. The topological polar surface area (TPSA) is 73.1 Å². The second-order valence-corrected chi connectivity index (χ2v) is 8.06. The lowest BCUT2D eigenvalue weighted by Crippen LogP contribution is -2.45. The summed E-state index contributed by atoms with van der Waals surface area (Å²) in [6.07, 6.45) is 5.17. The molecule has 2 atom stereocenters. The summed E-state index contributed by atoms with van der Waals surface area (Å²) in [7, 11) is 0. The van der Waals surface area contributed by atoms with Crippen LogP contribution in [0.2, 0.25) is 0 Å². The van der Waals surface area contributed by atoms with E-state index in [1.54, 1.807) is 6.26 Å². The zero-order chi connectivity index (χ0) is 19.9. The van der Waals surface area contributed by atoms with Crippen LogP contribution in [0, 0.1) is 5.92 Å². The maximum absolute atomic E-state index is 12.2. The molecule has 0 aromatic carbocycles. The van der Waals surface area contributed by atoms with Gasteiger partial charge in [0.2, 0.25) is 5.91 Å². The van der Waals surface area contributed by atoms with Gasteiger partial charge in [0.05, 0.1) is 18.8 Å². The van der Waals surface area contributed by atoms with E-state index in [0.29, 0.717) is 6.54 Å². The number of nitrogens with one attached hydrogen (secondary N) is 2. The van der Waals surface area contributed by atoms with Crippen molar-refractivity contribution >= 4 is 35.8 Å². The van der Waals surface area contributed by atoms with Crippen molar-refractivity contribution in [2.45, 2.75) is 52.1 Å². The summed E-state index contributed by atoms with van der Waals surface area (Å²) in [5.41, 5.74) is 0. The molecule has 29 heavy (non-hydrogen) atoms. The Morgan fingerprint density at radius 1 is 1.31 bits per heavy atom. The molecule has 0 radical (unpaired) electrons. The molecule has 0 saturated carbocycles. The molecule has 1 amide bonds. The summed E-state index contributed by atoms with van der Waals surface area (Å²) in [6.45, 7) is 11.2. The minimum absolute atomic E-state index is 0. The molecule has 3 rings (SSSR count). The number of hydrogen-bond donors (Lipinski definition) is 2. The third-order valence-corrected chi connectivity index (χ3v) is 5.55. The van der Waals surface area contributed by atoms with Gasteiger partial charge in [0.15, 0.2) is 5.96 Å². The number of nitrogens with zero attached hydrogens (tertiary/aromatic N) is 3. The van der Waals surface area contributed by atoms with Gasteiger partial charge in [0.25, 0.3) is 0 Å². The molecule has 1 aromatic rings. The molecule has 2 unspecified atom stereocenters. The van der Waals surface area contributed by atoms with E-state index in [1.165, 1.54) is 12.8 Å². The lowest BCUT2D eigenvalue weighted by molar-refractivity contribution is -0.133. The molecule has 2 fully saturated rings. The number of likely N-dealkylation sites (tertiary alicyclic amines) is 2. The summed E-state index contributed by atoms with van der Waals surface area (Å²) >= 11 is 0. The zero-order valence-electron chi connectivity index (χ0n) is 17.9. The molecule has 2 N–H and O–H groups in total. The van der Waals surface area contributed by atoms with E-state index in [4.69, 9.17) is 9.41 Å². The van der Waals surface area contributed by atoms with Crippen LogP contribution in [0.5, 0.6) is 0 Å². The number of guanidine groups is 1. The van der Waals surface area contributed by atoms with Crippen LogP contribution in [-0.2, 0) is 4.79 Å². The molecule has 164 valence electrons. The van der Waals surface area contributed by atoms with Crippen LogP contribution in [0.25, 0.3) is 0 Å². The molecule has 2 saturated heterocycles. The van der Waals surface area contributed by atoms with Gasteiger partial charge >= 0.3 is 0 Å². The Bertz CT molecular complexity index is 644.